The van der Waals surface area contributed by atoms with Crippen LogP contribution in [0.4, 0.5) is 5.69 Å². The lowest BCUT2D eigenvalue weighted by molar-refractivity contribution is 0.00295. The van der Waals surface area contributed by atoms with Crippen molar-refractivity contribution in [1.82, 2.24) is 0 Å². The molecule has 4 nitrogen and oxygen atoms in total. The van der Waals surface area contributed by atoms with Crippen LogP contribution in [-0.4, -0.2) is 32.9 Å². The maximum Gasteiger partial charge on any atom is 0.180 e. The summed E-state index contributed by atoms with van der Waals surface area (Å²) in [5, 5.41) is 3.32. The summed E-state index contributed by atoms with van der Waals surface area (Å²) < 4.78 is 29.5. The largest absolute Gasteiger partial charge is 0.381 e. The molecule has 0 spiro atoms. The highest BCUT2D eigenvalue weighted by Gasteiger charge is 2.30. The maximum atomic E-state index is 12.0. The molecule has 1 N–H and O–H groups in total. The number of rotatable bonds is 6. The van der Waals surface area contributed by atoms with Gasteiger partial charge in [0.15, 0.2) is 9.84 Å². The molecule has 0 atom stereocenters. The van der Waals surface area contributed by atoms with Crippen LogP contribution in [-0.2, 0) is 14.6 Å². The molecule has 1 fully saturated rings. The van der Waals surface area contributed by atoms with Gasteiger partial charge < -0.3 is 10.1 Å². The van der Waals surface area contributed by atoms with Gasteiger partial charge >= 0.3 is 0 Å². The fraction of sp³-hybridized carbons (Fsp3) is 0.571. The van der Waals surface area contributed by atoms with Crippen molar-refractivity contribution in [3.05, 3.63) is 24.3 Å². The predicted molar refractivity (Wildman–Crippen MR) is 76.2 cm³/mol. The maximum absolute atomic E-state index is 12.0. The number of hydrogen-bond donors (Lipinski definition) is 1. The quantitative estimate of drug-likeness (QED) is 0.871. The molecule has 0 heterocycles. The molecule has 1 aromatic carbocycles. The smallest absolute Gasteiger partial charge is 0.180 e. The molecule has 0 aromatic heterocycles. The number of ether oxygens (including phenoxy) is 1. The number of hydrogen-bond acceptors (Lipinski definition) is 4. The van der Waals surface area contributed by atoms with Crippen LogP contribution in [0.2, 0.25) is 0 Å². The second-order valence-electron chi connectivity index (χ2n) is 4.79. The van der Waals surface area contributed by atoms with Crippen molar-refractivity contribution < 1.29 is 13.2 Å². The summed E-state index contributed by atoms with van der Waals surface area (Å²) in [6.45, 7) is 4.39. The Kier molecular flexibility index (Phi) is 4.47. The van der Waals surface area contributed by atoms with Crippen molar-refractivity contribution in [2.45, 2.75) is 43.7 Å². The summed E-state index contributed by atoms with van der Waals surface area (Å²) >= 11 is 0. The van der Waals surface area contributed by atoms with E-state index in [2.05, 4.69) is 5.32 Å². The second kappa shape index (κ2) is 5.92. The Bertz CT molecular complexity index is 521. The minimum absolute atomic E-state index is 0.123. The summed E-state index contributed by atoms with van der Waals surface area (Å²) in [5.74, 6) is 0.123. The number of benzene rings is 1. The van der Waals surface area contributed by atoms with Gasteiger partial charge in [0.25, 0.3) is 0 Å². The Morgan fingerprint density at radius 3 is 2.58 bits per heavy atom. The SMILES string of the molecule is CCOC1CC(Nc2ccccc2S(=O)(=O)CC)C1. The van der Waals surface area contributed by atoms with Gasteiger partial charge in [-0.25, -0.2) is 8.42 Å². The lowest BCUT2D eigenvalue weighted by Crippen LogP contribution is -2.41. The molecule has 0 aliphatic heterocycles. The third-order valence-electron chi connectivity index (χ3n) is 3.46. The molecule has 2 rings (SSSR count). The first-order valence-corrected chi connectivity index (χ1v) is 8.42. The van der Waals surface area contributed by atoms with Crippen LogP contribution in [0.1, 0.15) is 26.7 Å². The molecule has 1 saturated carbocycles. The van der Waals surface area contributed by atoms with E-state index in [0.717, 1.165) is 19.4 Å². The van der Waals surface area contributed by atoms with Crippen molar-refractivity contribution in [2.75, 3.05) is 17.7 Å². The Morgan fingerprint density at radius 1 is 1.26 bits per heavy atom. The Balaban J connectivity index is 2.06. The van der Waals surface area contributed by atoms with Crippen LogP contribution < -0.4 is 5.32 Å². The summed E-state index contributed by atoms with van der Waals surface area (Å²) in [5.41, 5.74) is 0.712. The fourth-order valence-electron chi connectivity index (χ4n) is 2.29. The highest BCUT2D eigenvalue weighted by molar-refractivity contribution is 7.91. The molecule has 106 valence electrons. The molecule has 0 saturated heterocycles. The minimum atomic E-state index is -3.18. The van der Waals surface area contributed by atoms with E-state index in [0.29, 0.717) is 22.7 Å². The zero-order valence-corrected chi connectivity index (χ0v) is 12.2. The first-order chi connectivity index (χ1) is 9.06. The van der Waals surface area contributed by atoms with Gasteiger partial charge in [-0.3, -0.25) is 0 Å². The molecule has 1 aliphatic rings. The number of nitrogens with one attached hydrogen (secondary N) is 1. The average molecular weight is 283 g/mol. The van der Waals surface area contributed by atoms with Crippen LogP contribution in [0, 0.1) is 0 Å². The van der Waals surface area contributed by atoms with E-state index in [1.807, 2.05) is 19.1 Å². The van der Waals surface area contributed by atoms with Gasteiger partial charge in [0.2, 0.25) is 0 Å². The minimum Gasteiger partial charge on any atom is -0.381 e. The molecule has 19 heavy (non-hydrogen) atoms. The summed E-state index contributed by atoms with van der Waals surface area (Å²) in [6, 6.07) is 7.42. The van der Waals surface area contributed by atoms with Gasteiger partial charge in [0.1, 0.15) is 0 Å². The van der Waals surface area contributed by atoms with Crippen LogP contribution in [0.25, 0.3) is 0 Å². The van der Waals surface area contributed by atoms with Crippen molar-refractivity contribution in [2.24, 2.45) is 0 Å². The highest BCUT2D eigenvalue weighted by atomic mass is 32.2. The van der Waals surface area contributed by atoms with E-state index in [1.165, 1.54) is 0 Å². The highest BCUT2D eigenvalue weighted by Crippen LogP contribution is 2.30. The van der Waals surface area contributed by atoms with Gasteiger partial charge in [0.05, 0.1) is 22.4 Å². The van der Waals surface area contributed by atoms with E-state index in [4.69, 9.17) is 4.74 Å². The van der Waals surface area contributed by atoms with E-state index in [1.54, 1.807) is 19.1 Å². The van der Waals surface area contributed by atoms with Gasteiger partial charge in [-0.2, -0.15) is 0 Å². The van der Waals surface area contributed by atoms with Crippen molar-refractivity contribution in [3.63, 3.8) is 0 Å². The summed E-state index contributed by atoms with van der Waals surface area (Å²) in [7, 11) is -3.18. The number of anilines is 1. The molecule has 5 heteroatoms. The van der Waals surface area contributed by atoms with Gasteiger partial charge in [-0.15, -0.1) is 0 Å². The topological polar surface area (TPSA) is 55.4 Å². The van der Waals surface area contributed by atoms with Crippen LogP contribution in [0.3, 0.4) is 0 Å². The van der Waals surface area contributed by atoms with Crippen LogP contribution >= 0.6 is 0 Å². The van der Waals surface area contributed by atoms with E-state index >= 15 is 0 Å². The van der Waals surface area contributed by atoms with Crippen LogP contribution in [0.15, 0.2) is 29.2 Å². The number of para-hydroxylation sites is 1. The standard InChI is InChI=1S/C14H21NO3S/c1-3-18-12-9-11(10-12)15-13-7-5-6-8-14(13)19(16,17)4-2/h5-8,11-12,15H,3-4,9-10H2,1-2H3. The van der Waals surface area contributed by atoms with E-state index in [9.17, 15) is 8.42 Å². The normalized spacial score (nSPS) is 22.8. The fourth-order valence-corrected chi connectivity index (χ4v) is 3.35. The second-order valence-corrected chi connectivity index (χ2v) is 7.04. The molecule has 0 amide bonds. The zero-order valence-electron chi connectivity index (χ0n) is 11.4. The first kappa shape index (κ1) is 14.3. The number of sulfone groups is 1. The molecule has 0 unspecified atom stereocenters. The lowest BCUT2D eigenvalue weighted by Gasteiger charge is -2.36. The van der Waals surface area contributed by atoms with Crippen molar-refractivity contribution >= 4 is 15.5 Å². The van der Waals surface area contributed by atoms with Gasteiger partial charge in [0, 0.05) is 12.6 Å². The average Bonchev–Trinajstić information content (AvgIpc) is 2.37. The van der Waals surface area contributed by atoms with Crippen molar-refractivity contribution in [3.8, 4) is 0 Å². The van der Waals surface area contributed by atoms with E-state index < -0.39 is 9.84 Å². The lowest BCUT2D eigenvalue weighted by atomic mass is 9.89. The summed E-state index contributed by atoms with van der Waals surface area (Å²) in [6.07, 6.45) is 2.19. The van der Waals surface area contributed by atoms with Gasteiger partial charge in [-0.05, 0) is 31.9 Å². The molecular weight excluding hydrogens is 262 g/mol. The Labute approximate surface area is 115 Å². The van der Waals surface area contributed by atoms with Gasteiger partial charge in [-0.1, -0.05) is 19.1 Å². The molecular formula is C14H21NO3S. The van der Waals surface area contributed by atoms with E-state index in [-0.39, 0.29) is 5.75 Å². The molecule has 1 aliphatic carbocycles. The third-order valence-corrected chi connectivity index (χ3v) is 5.25. The first-order valence-electron chi connectivity index (χ1n) is 6.76. The Morgan fingerprint density at radius 2 is 1.95 bits per heavy atom. The molecule has 0 radical (unpaired) electrons. The predicted octanol–water partition coefficient (Wildman–Crippen LogP) is 2.46. The molecule has 0 bridgehead atoms. The molecule has 1 aromatic rings. The third kappa shape index (κ3) is 3.28. The zero-order chi connectivity index (χ0) is 13.9. The monoisotopic (exact) mass is 283 g/mol. The van der Waals surface area contributed by atoms with Crippen LogP contribution in [0.5, 0.6) is 0 Å². The van der Waals surface area contributed by atoms with Crippen molar-refractivity contribution in [1.29, 1.82) is 0 Å². The summed E-state index contributed by atoms with van der Waals surface area (Å²) in [4.78, 5) is 0.400. The Hall–Kier alpha value is -1.07.